The quantitative estimate of drug-likeness (QED) is 0.934. The fourth-order valence-electron chi connectivity index (χ4n) is 2.63. The number of nitrogens with zero attached hydrogens (tertiary/aromatic N) is 1. The number of hydrogen-bond donors (Lipinski definition) is 1. The highest BCUT2D eigenvalue weighted by molar-refractivity contribution is 8.00. The minimum atomic E-state index is -0.0865. The van der Waals surface area contributed by atoms with Gasteiger partial charge >= 0.3 is 0 Å². The predicted octanol–water partition coefficient (Wildman–Crippen LogP) is 2.99. The van der Waals surface area contributed by atoms with Crippen LogP contribution in [0.15, 0.2) is 23.1 Å². The molecule has 0 spiro atoms. The van der Waals surface area contributed by atoms with E-state index in [1.807, 2.05) is 31.0 Å². The highest BCUT2D eigenvalue weighted by atomic mass is 32.2. The first-order chi connectivity index (χ1) is 9.97. The van der Waals surface area contributed by atoms with E-state index in [1.165, 1.54) is 24.6 Å². The molecule has 21 heavy (non-hydrogen) atoms. The maximum absolute atomic E-state index is 12.6. The fraction of sp³-hybridized carbons (Fsp3) is 0.500. The fourth-order valence-corrected chi connectivity index (χ4v) is 3.56. The molecule has 2 atom stereocenters. The van der Waals surface area contributed by atoms with Gasteiger partial charge in [-0.05, 0) is 50.8 Å². The maximum atomic E-state index is 12.6. The molecule has 0 radical (unpaired) electrons. The molecule has 2 aliphatic rings. The SMILES string of the molecule is CC1Sc2ccc(C(=O)N(C)C(C)C3CC3)cc2NC1=O. The van der Waals surface area contributed by atoms with Crippen LogP contribution in [0.4, 0.5) is 5.69 Å². The van der Waals surface area contributed by atoms with Crippen molar-refractivity contribution >= 4 is 29.3 Å². The normalized spacial score (nSPS) is 22.2. The number of rotatable bonds is 3. The summed E-state index contributed by atoms with van der Waals surface area (Å²) in [6.45, 7) is 3.99. The average Bonchev–Trinajstić information content (AvgIpc) is 3.30. The second-order valence-corrected chi connectivity index (χ2v) is 7.34. The second-order valence-electron chi connectivity index (χ2n) is 5.95. The molecule has 2 unspecified atom stereocenters. The molecule has 1 aromatic rings. The van der Waals surface area contributed by atoms with E-state index in [0.717, 1.165) is 10.6 Å². The predicted molar refractivity (Wildman–Crippen MR) is 84.7 cm³/mol. The number of amides is 2. The monoisotopic (exact) mass is 304 g/mol. The topological polar surface area (TPSA) is 49.4 Å². The standard InChI is InChI=1S/C16H20N2O2S/c1-9(11-4-5-11)18(3)16(20)12-6-7-14-13(8-12)17-15(19)10(2)21-14/h6-11H,4-5H2,1-3H3,(H,17,19). The van der Waals surface area contributed by atoms with Gasteiger partial charge in [0.1, 0.15) is 0 Å². The number of hydrogen-bond acceptors (Lipinski definition) is 3. The van der Waals surface area contributed by atoms with Crippen molar-refractivity contribution in [3.8, 4) is 0 Å². The summed E-state index contributed by atoms with van der Waals surface area (Å²) in [7, 11) is 1.86. The number of nitrogens with one attached hydrogen (secondary N) is 1. The number of fused-ring (bicyclic) bond motifs is 1. The van der Waals surface area contributed by atoms with Crippen LogP contribution in [-0.4, -0.2) is 35.1 Å². The van der Waals surface area contributed by atoms with Crippen molar-refractivity contribution in [1.29, 1.82) is 0 Å². The summed E-state index contributed by atoms with van der Waals surface area (Å²) in [5.41, 5.74) is 1.39. The Morgan fingerprint density at radius 1 is 1.43 bits per heavy atom. The van der Waals surface area contributed by atoms with E-state index in [4.69, 9.17) is 0 Å². The van der Waals surface area contributed by atoms with Gasteiger partial charge in [0.15, 0.2) is 0 Å². The van der Waals surface area contributed by atoms with Crippen LogP contribution in [-0.2, 0) is 4.79 Å². The first kappa shape index (κ1) is 14.4. The lowest BCUT2D eigenvalue weighted by Crippen LogP contribution is -2.36. The third-order valence-electron chi connectivity index (χ3n) is 4.39. The van der Waals surface area contributed by atoms with Gasteiger partial charge in [-0.3, -0.25) is 9.59 Å². The molecular weight excluding hydrogens is 284 g/mol. The summed E-state index contributed by atoms with van der Waals surface area (Å²) in [6, 6.07) is 5.86. The zero-order valence-electron chi connectivity index (χ0n) is 12.6. The molecule has 1 N–H and O–H groups in total. The van der Waals surface area contributed by atoms with Crippen molar-refractivity contribution in [2.24, 2.45) is 5.92 Å². The molecule has 112 valence electrons. The van der Waals surface area contributed by atoms with Crippen molar-refractivity contribution in [2.75, 3.05) is 12.4 Å². The Hall–Kier alpha value is -1.49. The zero-order valence-corrected chi connectivity index (χ0v) is 13.4. The van der Waals surface area contributed by atoms with Gasteiger partial charge in [-0.2, -0.15) is 0 Å². The first-order valence-corrected chi connectivity index (χ1v) is 8.24. The van der Waals surface area contributed by atoms with Crippen LogP contribution >= 0.6 is 11.8 Å². The van der Waals surface area contributed by atoms with Gasteiger partial charge in [0.2, 0.25) is 5.91 Å². The van der Waals surface area contributed by atoms with Gasteiger partial charge in [0, 0.05) is 23.5 Å². The largest absolute Gasteiger partial charge is 0.339 e. The second kappa shape index (κ2) is 5.37. The minimum absolute atomic E-state index is 0.00296. The van der Waals surface area contributed by atoms with Crippen molar-refractivity contribution in [3.05, 3.63) is 23.8 Å². The molecule has 3 rings (SSSR count). The van der Waals surface area contributed by atoms with Gasteiger partial charge in [-0.1, -0.05) is 0 Å². The van der Waals surface area contributed by atoms with Crippen molar-refractivity contribution < 1.29 is 9.59 Å². The highest BCUT2D eigenvalue weighted by Gasteiger charge is 2.33. The minimum Gasteiger partial charge on any atom is -0.339 e. The number of carbonyl (C=O) groups is 2. The zero-order chi connectivity index (χ0) is 15.1. The van der Waals surface area contributed by atoms with Crippen LogP contribution in [0.5, 0.6) is 0 Å². The molecule has 0 aromatic heterocycles. The van der Waals surface area contributed by atoms with E-state index in [1.54, 1.807) is 6.07 Å². The van der Waals surface area contributed by atoms with Gasteiger partial charge in [0.25, 0.3) is 5.91 Å². The Balaban J connectivity index is 1.81. The Labute approximate surface area is 129 Å². The van der Waals surface area contributed by atoms with Crippen LogP contribution in [0.25, 0.3) is 0 Å². The third kappa shape index (κ3) is 2.79. The first-order valence-electron chi connectivity index (χ1n) is 7.36. The van der Waals surface area contributed by atoms with Crippen LogP contribution in [0.2, 0.25) is 0 Å². The molecule has 1 aliphatic carbocycles. The Bertz CT molecular complexity index is 598. The van der Waals surface area contributed by atoms with Gasteiger partial charge in [-0.15, -0.1) is 11.8 Å². The van der Waals surface area contributed by atoms with E-state index >= 15 is 0 Å². The summed E-state index contributed by atoms with van der Waals surface area (Å²) in [6.07, 6.45) is 2.43. The Morgan fingerprint density at radius 3 is 2.81 bits per heavy atom. The lowest BCUT2D eigenvalue weighted by atomic mass is 10.1. The van der Waals surface area contributed by atoms with Crippen LogP contribution in [0.3, 0.4) is 0 Å². The maximum Gasteiger partial charge on any atom is 0.253 e. The van der Waals surface area contributed by atoms with Gasteiger partial charge in [-0.25, -0.2) is 0 Å². The van der Waals surface area contributed by atoms with Gasteiger partial charge in [0.05, 0.1) is 10.9 Å². The smallest absolute Gasteiger partial charge is 0.253 e. The number of thioether (sulfide) groups is 1. The van der Waals surface area contributed by atoms with Crippen LogP contribution < -0.4 is 5.32 Å². The molecule has 5 heteroatoms. The average molecular weight is 304 g/mol. The number of benzene rings is 1. The number of anilines is 1. The van der Waals surface area contributed by atoms with Crippen molar-refractivity contribution in [2.45, 2.75) is 42.9 Å². The Morgan fingerprint density at radius 2 is 2.14 bits per heavy atom. The van der Waals surface area contributed by atoms with Crippen molar-refractivity contribution in [3.63, 3.8) is 0 Å². The molecule has 2 amide bonds. The molecule has 1 aromatic carbocycles. The molecular formula is C16H20N2O2S. The molecule has 1 heterocycles. The van der Waals surface area contributed by atoms with Crippen molar-refractivity contribution in [1.82, 2.24) is 4.90 Å². The Kier molecular flexibility index (Phi) is 3.69. The van der Waals surface area contributed by atoms with E-state index in [2.05, 4.69) is 12.2 Å². The lowest BCUT2D eigenvalue weighted by molar-refractivity contribution is -0.115. The molecule has 1 saturated carbocycles. The molecule has 1 aliphatic heterocycles. The molecule has 0 bridgehead atoms. The summed E-state index contributed by atoms with van der Waals surface area (Å²) in [5.74, 6) is 0.666. The third-order valence-corrected chi connectivity index (χ3v) is 5.57. The summed E-state index contributed by atoms with van der Waals surface area (Å²) in [4.78, 5) is 27.2. The van der Waals surface area contributed by atoms with E-state index in [0.29, 0.717) is 11.5 Å². The number of carbonyl (C=O) groups excluding carboxylic acids is 2. The van der Waals surface area contributed by atoms with E-state index in [9.17, 15) is 9.59 Å². The van der Waals surface area contributed by atoms with E-state index < -0.39 is 0 Å². The van der Waals surface area contributed by atoms with Crippen LogP contribution in [0, 0.1) is 5.92 Å². The van der Waals surface area contributed by atoms with Gasteiger partial charge < -0.3 is 10.2 Å². The summed E-state index contributed by atoms with van der Waals surface area (Å²) in [5, 5.41) is 2.79. The van der Waals surface area contributed by atoms with Crippen LogP contribution in [0.1, 0.15) is 37.0 Å². The lowest BCUT2D eigenvalue weighted by Gasteiger charge is -2.26. The highest BCUT2D eigenvalue weighted by Crippen LogP contribution is 2.37. The van der Waals surface area contributed by atoms with E-state index in [-0.39, 0.29) is 23.1 Å². The summed E-state index contributed by atoms with van der Waals surface area (Å²) >= 11 is 1.53. The summed E-state index contributed by atoms with van der Waals surface area (Å²) < 4.78 is 0. The molecule has 1 fully saturated rings. The molecule has 4 nitrogen and oxygen atoms in total. The molecule has 0 saturated heterocycles.